The maximum Gasteiger partial charge on any atom is 0.218 e. The zero-order chi connectivity index (χ0) is 14.0. The van der Waals surface area contributed by atoms with E-state index in [9.17, 15) is 0 Å². The second-order valence-electron chi connectivity index (χ2n) is 5.27. The van der Waals surface area contributed by atoms with Crippen LogP contribution in [0.15, 0.2) is 12.4 Å². The van der Waals surface area contributed by atoms with Gasteiger partial charge in [0.05, 0.1) is 6.61 Å². The van der Waals surface area contributed by atoms with Gasteiger partial charge in [0.2, 0.25) is 5.88 Å². The molecule has 1 N–H and O–H groups in total. The third kappa shape index (κ3) is 5.33. The van der Waals surface area contributed by atoms with Crippen LogP contribution in [0.3, 0.4) is 0 Å². The second-order valence-corrected chi connectivity index (χ2v) is 5.27. The molecule has 2 heterocycles. The average Bonchev–Trinajstić information content (AvgIpc) is 2.74. The molecule has 1 aliphatic heterocycles. The summed E-state index contributed by atoms with van der Waals surface area (Å²) in [7, 11) is 0. The van der Waals surface area contributed by atoms with Crippen molar-refractivity contribution in [2.24, 2.45) is 0 Å². The Kier molecular flexibility index (Phi) is 6.57. The molecule has 112 valence electrons. The highest BCUT2D eigenvalue weighted by Crippen LogP contribution is 2.12. The summed E-state index contributed by atoms with van der Waals surface area (Å²) in [6, 6.07) is 1.87. The molecule has 1 aromatic heterocycles. The summed E-state index contributed by atoms with van der Waals surface area (Å²) >= 11 is 0. The molecule has 0 radical (unpaired) electrons. The lowest BCUT2D eigenvalue weighted by Crippen LogP contribution is -2.30. The van der Waals surface area contributed by atoms with Crippen molar-refractivity contribution in [3.8, 4) is 5.88 Å². The van der Waals surface area contributed by atoms with Gasteiger partial charge in [-0.3, -0.25) is 0 Å². The third-order valence-corrected chi connectivity index (χ3v) is 3.53. The summed E-state index contributed by atoms with van der Waals surface area (Å²) in [6.45, 7) is 7.25. The minimum Gasteiger partial charge on any atom is -0.478 e. The first-order valence-corrected chi connectivity index (χ1v) is 7.79. The molecule has 0 amide bonds. The Bertz CT molecular complexity index is 378. The van der Waals surface area contributed by atoms with Gasteiger partial charge in [-0.25, -0.2) is 9.97 Å². The normalized spacial score (nSPS) is 16.6. The van der Waals surface area contributed by atoms with Crippen molar-refractivity contribution >= 4 is 5.82 Å². The fourth-order valence-electron chi connectivity index (χ4n) is 2.42. The largest absolute Gasteiger partial charge is 0.478 e. The molecule has 0 unspecified atom stereocenters. The van der Waals surface area contributed by atoms with Crippen molar-refractivity contribution < 1.29 is 4.74 Å². The molecule has 1 aliphatic rings. The molecule has 2 rings (SSSR count). The number of anilines is 1. The van der Waals surface area contributed by atoms with Gasteiger partial charge in [-0.1, -0.05) is 19.8 Å². The van der Waals surface area contributed by atoms with Crippen LogP contribution in [-0.4, -0.2) is 47.7 Å². The van der Waals surface area contributed by atoms with E-state index in [1.807, 2.05) is 6.07 Å². The highest BCUT2D eigenvalue weighted by atomic mass is 16.5. The summed E-state index contributed by atoms with van der Waals surface area (Å²) in [5.74, 6) is 1.50. The quantitative estimate of drug-likeness (QED) is 0.830. The minimum absolute atomic E-state index is 0.652. The zero-order valence-corrected chi connectivity index (χ0v) is 12.5. The van der Waals surface area contributed by atoms with Crippen LogP contribution in [0.25, 0.3) is 0 Å². The van der Waals surface area contributed by atoms with Gasteiger partial charge in [0, 0.05) is 19.2 Å². The molecular formula is C15H26N4O. The van der Waals surface area contributed by atoms with E-state index in [0.717, 1.165) is 25.3 Å². The summed E-state index contributed by atoms with van der Waals surface area (Å²) in [5.41, 5.74) is 0. The van der Waals surface area contributed by atoms with Crippen LogP contribution < -0.4 is 10.1 Å². The smallest absolute Gasteiger partial charge is 0.218 e. The number of nitrogens with one attached hydrogen (secondary N) is 1. The summed E-state index contributed by atoms with van der Waals surface area (Å²) in [5, 5.41) is 3.36. The predicted octanol–water partition coefficient (Wildman–Crippen LogP) is 2.55. The van der Waals surface area contributed by atoms with Crippen molar-refractivity contribution in [1.82, 2.24) is 14.9 Å². The van der Waals surface area contributed by atoms with Crippen LogP contribution in [0.5, 0.6) is 5.88 Å². The SMILES string of the molecule is CCCOc1cc(NCCN2CCCCCC2)ncn1. The number of nitrogens with zero attached hydrogens (tertiary/aromatic N) is 3. The summed E-state index contributed by atoms with van der Waals surface area (Å²) in [4.78, 5) is 10.9. The molecule has 1 aromatic rings. The summed E-state index contributed by atoms with van der Waals surface area (Å²) in [6.07, 6.45) is 7.98. The molecule has 0 saturated carbocycles. The minimum atomic E-state index is 0.652. The maximum atomic E-state index is 5.51. The highest BCUT2D eigenvalue weighted by Gasteiger charge is 2.08. The second kappa shape index (κ2) is 8.74. The van der Waals surface area contributed by atoms with Crippen LogP contribution in [-0.2, 0) is 0 Å². The van der Waals surface area contributed by atoms with Crippen LogP contribution in [0, 0.1) is 0 Å². The van der Waals surface area contributed by atoms with E-state index in [-0.39, 0.29) is 0 Å². The van der Waals surface area contributed by atoms with Crippen LogP contribution >= 0.6 is 0 Å². The number of likely N-dealkylation sites (tertiary alicyclic amines) is 1. The van der Waals surface area contributed by atoms with E-state index in [4.69, 9.17) is 4.74 Å². The average molecular weight is 278 g/mol. The van der Waals surface area contributed by atoms with E-state index in [0.29, 0.717) is 12.5 Å². The molecule has 0 bridgehead atoms. The Labute approximate surface area is 121 Å². The van der Waals surface area contributed by atoms with E-state index in [2.05, 4.69) is 27.1 Å². The van der Waals surface area contributed by atoms with Crippen LogP contribution in [0.2, 0.25) is 0 Å². The molecular weight excluding hydrogens is 252 g/mol. The lowest BCUT2D eigenvalue weighted by Gasteiger charge is -2.19. The molecule has 0 spiro atoms. The van der Waals surface area contributed by atoms with Gasteiger partial charge in [-0.15, -0.1) is 0 Å². The summed E-state index contributed by atoms with van der Waals surface area (Å²) < 4.78 is 5.51. The zero-order valence-electron chi connectivity index (χ0n) is 12.5. The number of hydrogen-bond acceptors (Lipinski definition) is 5. The standard InChI is InChI=1S/C15H26N4O/c1-2-11-20-15-12-14(17-13-18-15)16-7-10-19-8-5-3-4-6-9-19/h12-13H,2-11H2,1H3,(H,16,17,18). The van der Waals surface area contributed by atoms with Crippen molar-refractivity contribution in [1.29, 1.82) is 0 Å². The Morgan fingerprint density at radius 2 is 2.00 bits per heavy atom. The number of hydrogen-bond donors (Lipinski definition) is 1. The highest BCUT2D eigenvalue weighted by molar-refractivity contribution is 5.36. The fraction of sp³-hybridized carbons (Fsp3) is 0.733. The first kappa shape index (κ1) is 15.0. The molecule has 0 aromatic carbocycles. The topological polar surface area (TPSA) is 50.3 Å². The Morgan fingerprint density at radius 1 is 1.20 bits per heavy atom. The van der Waals surface area contributed by atoms with Crippen LogP contribution in [0.4, 0.5) is 5.82 Å². The first-order chi connectivity index (χ1) is 9.88. The maximum absolute atomic E-state index is 5.51. The van der Waals surface area contributed by atoms with Gasteiger partial charge >= 0.3 is 0 Å². The van der Waals surface area contributed by atoms with Gasteiger partial charge < -0.3 is 15.0 Å². The monoisotopic (exact) mass is 278 g/mol. The number of rotatable bonds is 7. The first-order valence-electron chi connectivity index (χ1n) is 7.79. The van der Waals surface area contributed by atoms with Crippen LogP contribution in [0.1, 0.15) is 39.0 Å². The number of aromatic nitrogens is 2. The molecule has 0 atom stereocenters. The van der Waals surface area contributed by atoms with Crippen molar-refractivity contribution in [2.45, 2.75) is 39.0 Å². The fourth-order valence-corrected chi connectivity index (χ4v) is 2.42. The molecule has 20 heavy (non-hydrogen) atoms. The third-order valence-electron chi connectivity index (χ3n) is 3.53. The van der Waals surface area contributed by atoms with Crippen molar-refractivity contribution in [2.75, 3.05) is 38.1 Å². The van der Waals surface area contributed by atoms with E-state index in [1.165, 1.54) is 38.8 Å². The number of ether oxygens (including phenoxy) is 1. The van der Waals surface area contributed by atoms with Gasteiger partial charge in [-0.2, -0.15) is 0 Å². The molecule has 1 fully saturated rings. The predicted molar refractivity (Wildman–Crippen MR) is 81.2 cm³/mol. The molecule has 1 saturated heterocycles. The van der Waals surface area contributed by atoms with E-state index in [1.54, 1.807) is 6.33 Å². The Morgan fingerprint density at radius 3 is 2.75 bits per heavy atom. The van der Waals surface area contributed by atoms with Crippen molar-refractivity contribution in [3.63, 3.8) is 0 Å². The van der Waals surface area contributed by atoms with Gasteiger partial charge in [0.25, 0.3) is 0 Å². The Balaban J connectivity index is 1.72. The molecule has 5 heteroatoms. The molecule has 0 aliphatic carbocycles. The van der Waals surface area contributed by atoms with Crippen molar-refractivity contribution in [3.05, 3.63) is 12.4 Å². The Hall–Kier alpha value is -1.36. The lowest BCUT2D eigenvalue weighted by molar-refractivity contribution is 0.296. The van der Waals surface area contributed by atoms with Gasteiger partial charge in [0.15, 0.2) is 0 Å². The van der Waals surface area contributed by atoms with Gasteiger partial charge in [-0.05, 0) is 32.4 Å². The van der Waals surface area contributed by atoms with E-state index >= 15 is 0 Å². The van der Waals surface area contributed by atoms with Gasteiger partial charge in [0.1, 0.15) is 12.1 Å². The molecule has 5 nitrogen and oxygen atoms in total. The lowest BCUT2D eigenvalue weighted by atomic mass is 10.2. The van der Waals surface area contributed by atoms with E-state index < -0.39 is 0 Å².